The molecule has 3 rings (SSSR count). The van der Waals surface area contributed by atoms with E-state index in [0.29, 0.717) is 16.5 Å². The van der Waals surface area contributed by atoms with Gasteiger partial charge in [0.25, 0.3) is 5.91 Å². The van der Waals surface area contributed by atoms with E-state index in [-0.39, 0.29) is 31.6 Å². The first kappa shape index (κ1) is 29.6. The van der Waals surface area contributed by atoms with Gasteiger partial charge in [-0.25, -0.2) is 5.01 Å². The number of benzene rings is 2. The Kier molecular flexibility index (Phi) is 13.5. The molecule has 0 saturated heterocycles. The number of carbonyl (C=O) groups excluding carboxylic acids is 2. The fraction of sp³-hybridized carbons (Fsp3) is 0.423. The normalized spacial score (nSPS) is 14.6. The molecule has 1 N–H and O–H groups in total. The number of amides is 1. The molecule has 6 nitrogen and oxygen atoms in total. The number of aliphatic hydroxyl groups is 1. The van der Waals surface area contributed by atoms with Crippen LogP contribution in [0.2, 0.25) is 10.0 Å². The van der Waals surface area contributed by atoms with Gasteiger partial charge in [0, 0.05) is 10.0 Å². The number of hydrazone groups is 1. The van der Waals surface area contributed by atoms with Crippen molar-refractivity contribution in [2.24, 2.45) is 16.9 Å². The van der Waals surface area contributed by atoms with E-state index in [9.17, 15) is 9.59 Å². The van der Waals surface area contributed by atoms with Crippen molar-refractivity contribution < 1.29 is 19.4 Å². The summed E-state index contributed by atoms with van der Waals surface area (Å²) in [5, 5.41) is 15.1. The Hall–Kier alpha value is -2.41. The smallest absolute Gasteiger partial charge is 0.327 e. The van der Waals surface area contributed by atoms with Crippen LogP contribution in [0.15, 0.2) is 53.6 Å². The third-order valence-electron chi connectivity index (χ3n) is 4.71. The average Bonchev–Trinajstić information content (AvgIpc) is 3.11. The van der Waals surface area contributed by atoms with Gasteiger partial charge in [-0.05, 0) is 48.6 Å². The van der Waals surface area contributed by atoms with Crippen molar-refractivity contribution >= 4 is 40.8 Å². The van der Waals surface area contributed by atoms with Crippen LogP contribution in [0.1, 0.15) is 45.7 Å². The summed E-state index contributed by atoms with van der Waals surface area (Å²) in [6.45, 7) is 9.90. The molecular formula is C26H34Cl2N2O4. The molecule has 2 aromatic rings. The third-order valence-corrected chi connectivity index (χ3v) is 5.15. The van der Waals surface area contributed by atoms with Crippen molar-refractivity contribution in [3.63, 3.8) is 0 Å². The van der Waals surface area contributed by atoms with Crippen molar-refractivity contribution in [2.45, 2.75) is 47.6 Å². The van der Waals surface area contributed by atoms with Crippen molar-refractivity contribution in [1.82, 2.24) is 5.01 Å². The van der Waals surface area contributed by atoms with Gasteiger partial charge in [0.2, 0.25) is 0 Å². The van der Waals surface area contributed by atoms with Crippen molar-refractivity contribution in [2.75, 3.05) is 13.2 Å². The highest BCUT2D eigenvalue weighted by atomic mass is 35.5. The Morgan fingerprint density at radius 3 is 2.15 bits per heavy atom. The topological polar surface area (TPSA) is 79.2 Å². The van der Waals surface area contributed by atoms with Gasteiger partial charge in [-0.15, -0.1) is 0 Å². The summed E-state index contributed by atoms with van der Waals surface area (Å²) in [7, 11) is 0. The van der Waals surface area contributed by atoms with E-state index in [2.05, 4.69) is 5.10 Å². The summed E-state index contributed by atoms with van der Waals surface area (Å²) in [4.78, 5) is 24.3. The van der Waals surface area contributed by atoms with Crippen molar-refractivity contribution in [1.29, 1.82) is 0 Å². The molecule has 34 heavy (non-hydrogen) atoms. The quantitative estimate of drug-likeness (QED) is 0.481. The highest BCUT2D eigenvalue weighted by molar-refractivity contribution is 6.34. The van der Waals surface area contributed by atoms with E-state index in [1.165, 1.54) is 5.01 Å². The molecule has 1 aliphatic rings. The summed E-state index contributed by atoms with van der Waals surface area (Å²) in [6.07, 6.45) is 0.440. The Morgan fingerprint density at radius 2 is 1.68 bits per heavy atom. The molecule has 1 aliphatic heterocycles. The minimum atomic E-state index is -0.468. The maximum atomic E-state index is 12.7. The maximum absolute atomic E-state index is 12.7. The molecule has 2 aromatic carbocycles. The fourth-order valence-electron chi connectivity index (χ4n) is 3.26. The number of carbonyl (C=O) groups is 2. The summed E-state index contributed by atoms with van der Waals surface area (Å²) < 4.78 is 4.90. The molecule has 8 heteroatoms. The molecule has 0 fully saturated rings. The lowest BCUT2D eigenvalue weighted by Gasteiger charge is -2.15. The number of hydrogen-bond donors (Lipinski definition) is 1. The second-order valence-electron chi connectivity index (χ2n) is 7.56. The number of esters is 1. The molecule has 186 valence electrons. The standard InChI is InChI=1S/C17H20Cl2N2O3.C7H8O.C2H6/c1-4-24-15(22)9-21-17(23)14(16(20-21)10(2)3)7-11-5-12(18)8-13(19)6-11;8-6-7-4-2-1-3-5-7;1-2/h5-6,8,10,14H,4,7,9H2,1-3H3;1-5,8H,6H2;1-2H3. The molecule has 0 saturated carbocycles. The lowest BCUT2D eigenvalue weighted by Crippen LogP contribution is -2.34. The van der Waals surface area contributed by atoms with Gasteiger partial charge in [0.1, 0.15) is 6.54 Å². The lowest BCUT2D eigenvalue weighted by atomic mass is 9.89. The van der Waals surface area contributed by atoms with E-state index in [1.807, 2.05) is 58.0 Å². The number of ether oxygens (including phenoxy) is 1. The van der Waals surface area contributed by atoms with Crippen molar-refractivity contribution in [3.8, 4) is 0 Å². The van der Waals surface area contributed by atoms with Crippen LogP contribution in [-0.4, -0.2) is 40.9 Å². The zero-order valence-electron chi connectivity index (χ0n) is 20.4. The van der Waals surface area contributed by atoms with Crippen molar-refractivity contribution in [3.05, 3.63) is 69.7 Å². The Morgan fingerprint density at radius 1 is 1.09 bits per heavy atom. The second kappa shape index (κ2) is 15.5. The number of nitrogens with zero attached hydrogens (tertiary/aromatic N) is 2. The maximum Gasteiger partial charge on any atom is 0.327 e. The van der Waals surface area contributed by atoms with Crippen LogP contribution in [0.25, 0.3) is 0 Å². The molecule has 1 unspecified atom stereocenters. The highest BCUT2D eigenvalue weighted by Crippen LogP contribution is 2.27. The fourth-order valence-corrected chi connectivity index (χ4v) is 3.84. The molecule has 0 aliphatic carbocycles. The Bertz CT molecular complexity index is 929. The summed E-state index contributed by atoms with van der Waals surface area (Å²) >= 11 is 12.1. The number of rotatable bonds is 7. The van der Waals surface area contributed by atoms with Gasteiger partial charge in [-0.1, -0.05) is 81.2 Å². The zero-order chi connectivity index (χ0) is 25.7. The molecule has 1 atom stereocenters. The number of aliphatic hydroxyl groups excluding tert-OH is 1. The predicted octanol–water partition coefficient (Wildman–Crippen LogP) is 5.77. The van der Waals surface area contributed by atoms with E-state index in [4.69, 9.17) is 33.0 Å². The van der Waals surface area contributed by atoms with Crippen LogP contribution in [0.5, 0.6) is 0 Å². The van der Waals surface area contributed by atoms with E-state index >= 15 is 0 Å². The monoisotopic (exact) mass is 508 g/mol. The SMILES string of the molecule is CC.CCOC(=O)CN1N=C(C(C)C)C(Cc2cc(Cl)cc(Cl)c2)C1=O.OCc1ccccc1. The van der Waals surface area contributed by atoms with Gasteiger partial charge >= 0.3 is 5.97 Å². The summed E-state index contributed by atoms with van der Waals surface area (Å²) in [5.74, 6) is -1.01. The van der Waals surface area contributed by atoms with Crippen LogP contribution in [0.3, 0.4) is 0 Å². The molecule has 0 radical (unpaired) electrons. The van der Waals surface area contributed by atoms with Gasteiger partial charge in [-0.3, -0.25) is 9.59 Å². The zero-order valence-corrected chi connectivity index (χ0v) is 21.9. The minimum absolute atomic E-state index is 0.0841. The van der Waals surface area contributed by atoms with E-state index in [0.717, 1.165) is 16.8 Å². The molecule has 1 amide bonds. The summed E-state index contributed by atoms with van der Waals surface area (Å²) in [5.41, 5.74) is 2.57. The number of halogens is 2. The summed E-state index contributed by atoms with van der Waals surface area (Å²) in [6, 6.07) is 14.7. The first-order valence-corrected chi connectivity index (χ1v) is 12.2. The first-order chi connectivity index (χ1) is 16.2. The highest BCUT2D eigenvalue weighted by Gasteiger charge is 2.38. The lowest BCUT2D eigenvalue weighted by molar-refractivity contribution is -0.148. The largest absolute Gasteiger partial charge is 0.465 e. The molecule has 0 aromatic heterocycles. The van der Waals surface area contributed by atoms with Crippen LogP contribution >= 0.6 is 23.2 Å². The van der Waals surface area contributed by atoms with Crippen LogP contribution in [-0.2, 0) is 27.4 Å². The first-order valence-electron chi connectivity index (χ1n) is 11.4. The van der Waals surface area contributed by atoms with E-state index < -0.39 is 11.9 Å². The van der Waals surface area contributed by atoms with Crippen LogP contribution in [0.4, 0.5) is 0 Å². The van der Waals surface area contributed by atoms with Crippen LogP contribution < -0.4 is 0 Å². The molecule has 0 spiro atoms. The minimum Gasteiger partial charge on any atom is -0.465 e. The van der Waals surface area contributed by atoms with Gasteiger partial charge < -0.3 is 9.84 Å². The van der Waals surface area contributed by atoms with Gasteiger partial charge in [-0.2, -0.15) is 5.10 Å². The predicted molar refractivity (Wildman–Crippen MR) is 138 cm³/mol. The van der Waals surface area contributed by atoms with Gasteiger partial charge in [0.15, 0.2) is 0 Å². The Labute approximate surface area is 212 Å². The number of hydrogen-bond acceptors (Lipinski definition) is 5. The van der Waals surface area contributed by atoms with Crippen LogP contribution in [0, 0.1) is 11.8 Å². The molecular weight excluding hydrogens is 475 g/mol. The van der Waals surface area contributed by atoms with E-state index in [1.54, 1.807) is 25.1 Å². The third kappa shape index (κ3) is 9.45. The van der Waals surface area contributed by atoms with Gasteiger partial charge in [0.05, 0.1) is 24.8 Å². The Balaban J connectivity index is 0.000000483. The second-order valence-corrected chi connectivity index (χ2v) is 8.43. The molecule has 0 bridgehead atoms. The average molecular weight is 509 g/mol. The molecule has 1 heterocycles.